The summed E-state index contributed by atoms with van der Waals surface area (Å²) in [5.41, 5.74) is 1.59. The van der Waals surface area contributed by atoms with Crippen molar-refractivity contribution in [3.8, 4) is 5.75 Å². The summed E-state index contributed by atoms with van der Waals surface area (Å²) in [4.78, 5) is 23.9. The Balaban J connectivity index is 1.82. The van der Waals surface area contributed by atoms with Crippen molar-refractivity contribution in [1.29, 1.82) is 0 Å². The molecule has 0 radical (unpaired) electrons. The fourth-order valence-corrected chi connectivity index (χ4v) is 2.54. The van der Waals surface area contributed by atoms with Crippen LogP contribution in [0.2, 0.25) is 5.02 Å². The molecule has 0 aromatic heterocycles. The van der Waals surface area contributed by atoms with Gasteiger partial charge in [0.1, 0.15) is 5.75 Å². The molecule has 6 heteroatoms. The maximum Gasteiger partial charge on any atom is 0.310 e. The maximum absolute atomic E-state index is 11.9. The third-order valence-corrected chi connectivity index (χ3v) is 3.85. The molecule has 0 heterocycles. The Hall–Kier alpha value is -2.53. The van der Waals surface area contributed by atoms with Gasteiger partial charge in [-0.25, -0.2) is 0 Å². The Bertz CT molecular complexity index is 748. The summed E-state index contributed by atoms with van der Waals surface area (Å²) in [6.07, 6.45) is 0.0428. The van der Waals surface area contributed by atoms with Crippen LogP contribution in [0.1, 0.15) is 24.1 Å². The molecule has 5 nitrogen and oxygen atoms in total. The minimum atomic E-state index is -0.491. The highest BCUT2D eigenvalue weighted by Crippen LogP contribution is 2.18. The molecule has 1 N–H and O–H groups in total. The van der Waals surface area contributed by atoms with Crippen LogP contribution in [0.3, 0.4) is 0 Å². The second kappa shape index (κ2) is 9.08. The number of carbonyl (C=O) groups is 2. The molecular weight excluding hydrogens is 342 g/mol. The van der Waals surface area contributed by atoms with E-state index in [1.807, 2.05) is 31.2 Å². The van der Waals surface area contributed by atoms with Crippen LogP contribution in [-0.4, -0.2) is 25.6 Å². The first-order valence-corrected chi connectivity index (χ1v) is 8.19. The molecule has 2 aromatic rings. The zero-order valence-corrected chi connectivity index (χ0v) is 14.9. The highest BCUT2D eigenvalue weighted by molar-refractivity contribution is 6.30. The van der Waals surface area contributed by atoms with Gasteiger partial charge in [0.2, 0.25) is 0 Å². The molecule has 0 saturated heterocycles. The first-order valence-electron chi connectivity index (χ1n) is 7.82. The van der Waals surface area contributed by atoms with E-state index in [2.05, 4.69) is 5.32 Å². The van der Waals surface area contributed by atoms with Gasteiger partial charge in [0.15, 0.2) is 6.61 Å². The van der Waals surface area contributed by atoms with E-state index < -0.39 is 5.97 Å². The number of rotatable bonds is 7. The molecule has 0 bridgehead atoms. The first-order chi connectivity index (χ1) is 12.0. The van der Waals surface area contributed by atoms with Gasteiger partial charge >= 0.3 is 5.97 Å². The number of methoxy groups -OCH3 is 1. The SMILES string of the molecule is COc1ccccc1CC(=O)OCC(=O)N[C@H](C)c1cccc(Cl)c1. The normalized spacial score (nSPS) is 11.5. The van der Waals surface area contributed by atoms with Crippen molar-refractivity contribution in [2.45, 2.75) is 19.4 Å². The number of hydrogen-bond donors (Lipinski definition) is 1. The standard InChI is InChI=1S/C19H20ClNO4/c1-13(14-7-5-8-16(20)10-14)21-18(22)12-25-19(23)11-15-6-3-4-9-17(15)24-2/h3-10,13H,11-12H2,1-2H3,(H,21,22)/t13-/m1/s1. The van der Waals surface area contributed by atoms with Crippen molar-refractivity contribution >= 4 is 23.5 Å². The maximum atomic E-state index is 11.9. The second-order valence-corrected chi connectivity index (χ2v) is 5.93. The number of halogens is 1. The van der Waals surface area contributed by atoms with Crippen LogP contribution in [0.15, 0.2) is 48.5 Å². The van der Waals surface area contributed by atoms with Gasteiger partial charge in [-0.3, -0.25) is 9.59 Å². The van der Waals surface area contributed by atoms with Crippen molar-refractivity contribution in [3.05, 3.63) is 64.7 Å². The van der Waals surface area contributed by atoms with E-state index >= 15 is 0 Å². The summed E-state index contributed by atoms with van der Waals surface area (Å²) >= 11 is 5.94. The van der Waals surface area contributed by atoms with E-state index in [9.17, 15) is 9.59 Å². The van der Waals surface area contributed by atoms with E-state index in [0.29, 0.717) is 16.3 Å². The smallest absolute Gasteiger partial charge is 0.310 e. The molecule has 25 heavy (non-hydrogen) atoms. The van der Waals surface area contributed by atoms with Crippen molar-refractivity contribution in [2.75, 3.05) is 13.7 Å². The second-order valence-electron chi connectivity index (χ2n) is 5.49. The molecule has 0 aliphatic heterocycles. The molecule has 0 fully saturated rings. The molecule has 1 amide bonds. The average Bonchev–Trinajstić information content (AvgIpc) is 2.60. The van der Waals surface area contributed by atoms with Crippen molar-refractivity contribution in [3.63, 3.8) is 0 Å². The highest BCUT2D eigenvalue weighted by Gasteiger charge is 2.14. The van der Waals surface area contributed by atoms with E-state index in [4.69, 9.17) is 21.1 Å². The number of ether oxygens (including phenoxy) is 2. The third kappa shape index (κ3) is 5.80. The van der Waals surface area contributed by atoms with Crippen molar-refractivity contribution in [2.24, 2.45) is 0 Å². The topological polar surface area (TPSA) is 64.6 Å². The van der Waals surface area contributed by atoms with Gasteiger partial charge in [-0.1, -0.05) is 41.9 Å². The van der Waals surface area contributed by atoms with Crippen LogP contribution in [0.5, 0.6) is 5.75 Å². The fourth-order valence-electron chi connectivity index (χ4n) is 2.34. The molecule has 1 atom stereocenters. The quantitative estimate of drug-likeness (QED) is 0.768. The number of nitrogens with one attached hydrogen (secondary N) is 1. The summed E-state index contributed by atoms with van der Waals surface area (Å²) < 4.78 is 10.2. The Labute approximate surface area is 151 Å². The molecule has 0 unspecified atom stereocenters. The van der Waals surface area contributed by atoms with Crippen LogP contribution < -0.4 is 10.1 Å². The lowest BCUT2D eigenvalue weighted by Crippen LogP contribution is -2.31. The van der Waals surface area contributed by atoms with Gasteiger partial charge < -0.3 is 14.8 Å². The largest absolute Gasteiger partial charge is 0.496 e. The summed E-state index contributed by atoms with van der Waals surface area (Å²) in [6, 6.07) is 14.2. The fraction of sp³-hybridized carbons (Fsp3) is 0.263. The van der Waals surface area contributed by atoms with E-state index in [-0.39, 0.29) is 25.0 Å². The van der Waals surface area contributed by atoms with Gasteiger partial charge in [-0.05, 0) is 30.7 Å². The van der Waals surface area contributed by atoms with Crippen molar-refractivity contribution in [1.82, 2.24) is 5.32 Å². The zero-order chi connectivity index (χ0) is 18.2. The molecule has 2 aromatic carbocycles. The highest BCUT2D eigenvalue weighted by atomic mass is 35.5. The Kier molecular flexibility index (Phi) is 6.83. The van der Waals surface area contributed by atoms with Crippen LogP contribution in [0.4, 0.5) is 0 Å². The molecule has 0 saturated carbocycles. The van der Waals surface area contributed by atoms with Gasteiger partial charge in [0, 0.05) is 10.6 Å². The van der Waals surface area contributed by atoms with E-state index in [1.165, 1.54) is 7.11 Å². The summed E-state index contributed by atoms with van der Waals surface area (Å²) in [5.74, 6) is -0.255. The summed E-state index contributed by atoms with van der Waals surface area (Å²) in [7, 11) is 1.54. The number of para-hydroxylation sites is 1. The summed E-state index contributed by atoms with van der Waals surface area (Å²) in [6.45, 7) is 1.50. The molecule has 2 rings (SSSR count). The molecule has 132 valence electrons. The predicted molar refractivity (Wildman–Crippen MR) is 95.7 cm³/mol. The zero-order valence-electron chi connectivity index (χ0n) is 14.1. The lowest BCUT2D eigenvalue weighted by Gasteiger charge is -2.15. The Morgan fingerprint density at radius 3 is 2.64 bits per heavy atom. The monoisotopic (exact) mass is 361 g/mol. The van der Waals surface area contributed by atoms with Gasteiger partial charge in [0.05, 0.1) is 19.6 Å². The number of carbonyl (C=O) groups excluding carboxylic acids is 2. The Morgan fingerprint density at radius 2 is 1.92 bits per heavy atom. The minimum absolute atomic E-state index is 0.0428. The minimum Gasteiger partial charge on any atom is -0.496 e. The van der Waals surface area contributed by atoms with E-state index in [1.54, 1.807) is 24.3 Å². The van der Waals surface area contributed by atoms with Crippen LogP contribution in [0.25, 0.3) is 0 Å². The van der Waals surface area contributed by atoms with Gasteiger partial charge in [0.25, 0.3) is 5.91 Å². The first kappa shape index (κ1) is 18.8. The molecule has 0 aliphatic rings. The lowest BCUT2D eigenvalue weighted by molar-refractivity contribution is -0.148. The molecule has 0 aliphatic carbocycles. The van der Waals surface area contributed by atoms with Gasteiger partial charge in [-0.2, -0.15) is 0 Å². The lowest BCUT2D eigenvalue weighted by atomic mass is 10.1. The molecule has 0 spiro atoms. The van der Waals surface area contributed by atoms with Gasteiger partial charge in [-0.15, -0.1) is 0 Å². The van der Waals surface area contributed by atoms with Crippen LogP contribution in [-0.2, 0) is 20.7 Å². The molecular formula is C19H20ClNO4. The Morgan fingerprint density at radius 1 is 1.16 bits per heavy atom. The van der Waals surface area contributed by atoms with Crippen LogP contribution >= 0.6 is 11.6 Å². The average molecular weight is 362 g/mol. The summed E-state index contributed by atoms with van der Waals surface area (Å²) in [5, 5.41) is 3.36. The number of benzene rings is 2. The van der Waals surface area contributed by atoms with Crippen molar-refractivity contribution < 1.29 is 19.1 Å². The number of esters is 1. The van der Waals surface area contributed by atoms with Crippen LogP contribution in [0, 0.1) is 0 Å². The van der Waals surface area contributed by atoms with E-state index in [0.717, 1.165) is 5.56 Å². The number of hydrogen-bond acceptors (Lipinski definition) is 4. The number of amides is 1. The predicted octanol–water partition coefficient (Wildman–Crippen LogP) is 3.31. The third-order valence-electron chi connectivity index (χ3n) is 3.62.